The Labute approximate surface area is 122 Å². The minimum atomic E-state index is 0.678. The summed E-state index contributed by atoms with van der Waals surface area (Å²) in [6.07, 6.45) is 1.98. The lowest BCUT2D eigenvalue weighted by molar-refractivity contribution is 0.550. The third kappa shape index (κ3) is 3.94. The lowest BCUT2D eigenvalue weighted by atomic mass is 10.1. The number of nitrogens with zero attached hydrogens (tertiary/aromatic N) is 2. The van der Waals surface area contributed by atoms with Crippen LogP contribution in [0.15, 0.2) is 30.5 Å². The topological polar surface area (TPSA) is 29.9 Å². The average molecular weight is 271 g/mol. The Morgan fingerprint density at radius 1 is 1.25 bits per heavy atom. The van der Waals surface area contributed by atoms with Gasteiger partial charge in [-0.2, -0.15) is 5.10 Å². The Kier molecular flexibility index (Phi) is 4.96. The summed E-state index contributed by atoms with van der Waals surface area (Å²) in [5, 5.41) is 7.99. The molecule has 108 valence electrons. The number of aromatic nitrogens is 2. The molecule has 1 aromatic carbocycles. The summed E-state index contributed by atoms with van der Waals surface area (Å²) in [6.45, 7) is 11.5. The van der Waals surface area contributed by atoms with Gasteiger partial charge in [-0.25, -0.2) is 0 Å². The highest BCUT2D eigenvalue weighted by Crippen LogP contribution is 2.11. The molecule has 0 spiro atoms. The highest BCUT2D eigenvalue weighted by Gasteiger charge is 2.07. The van der Waals surface area contributed by atoms with Crippen LogP contribution in [0, 0.1) is 19.8 Å². The van der Waals surface area contributed by atoms with Crippen LogP contribution in [0.5, 0.6) is 0 Å². The molecule has 1 N–H and O–H groups in total. The summed E-state index contributed by atoms with van der Waals surface area (Å²) in [5.74, 6) is 0.678. The fourth-order valence-corrected chi connectivity index (χ4v) is 2.30. The zero-order chi connectivity index (χ0) is 14.5. The second-order valence-electron chi connectivity index (χ2n) is 5.93. The summed E-state index contributed by atoms with van der Waals surface area (Å²) in [4.78, 5) is 0. The van der Waals surface area contributed by atoms with Gasteiger partial charge >= 0.3 is 0 Å². The van der Waals surface area contributed by atoms with Gasteiger partial charge in [0.15, 0.2) is 0 Å². The van der Waals surface area contributed by atoms with Crippen LogP contribution in [0.25, 0.3) is 0 Å². The van der Waals surface area contributed by atoms with Gasteiger partial charge < -0.3 is 5.32 Å². The van der Waals surface area contributed by atoms with Crippen LogP contribution in [0.2, 0.25) is 0 Å². The number of rotatable bonds is 6. The Morgan fingerprint density at radius 2 is 2.05 bits per heavy atom. The molecule has 0 atom stereocenters. The average Bonchev–Trinajstić information content (AvgIpc) is 2.71. The third-order valence-corrected chi connectivity index (χ3v) is 3.49. The molecule has 0 saturated heterocycles. The van der Waals surface area contributed by atoms with Crippen LogP contribution in [0.4, 0.5) is 0 Å². The molecule has 0 radical (unpaired) electrons. The van der Waals surface area contributed by atoms with Gasteiger partial charge in [-0.15, -0.1) is 0 Å². The highest BCUT2D eigenvalue weighted by molar-refractivity contribution is 5.24. The molecular formula is C17H25N3. The van der Waals surface area contributed by atoms with E-state index in [-0.39, 0.29) is 0 Å². The van der Waals surface area contributed by atoms with Crippen LogP contribution < -0.4 is 5.32 Å². The first-order valence-electron chi connectivity index (χ1n) is 7.34. The van der Waals surface area contributed by atoms with E-state index in [1.54, 1.807) is 0 Å². The smallest absolute Gasteiger partial charge is 0.0662 e. The molecule has 2 aromatic rings. The maximum Gasteiger partial charge on any atom is 0.0662 e. The van der Waals surface area contributed by atoms with E-state index in [1.807, 2.05) is 6.20 Å². The second kappa shape index (κ2) is 6.71. The Balaban J connectivity index is 2.01. The van der Waals surface area contributed by atoms with Crippen LogP contribution >= 0.6 is 0 Å². The van der Waals surface area contributed by atoms with Crippen molar-refractivity contribution in [2.24, 2.45) is 5.92 Å². The molecule has 0 aliphatic rings. The van der Waals surface area contributed by atoms with Crippen molar-refractivity contribution in [2.45, 2.75) is 40.8 Å². The molecule has 2 rings (SSSR count). The molecular weight excluding hydrogens is 246 g/mol. The summed E-state index contributed by atoms with van der Waals surface area (Å²) in [7, 11) is 0. The third-order valence-electron chi connectivity index (χ3n) is 3.49. The van der Waals surface area contributed by atoms with Gasteiger partial charge in [-0.3, -0.25) is 4.68 Å². The Hall–Kier alpha value is -1.61. The van der Waals surface area contributed by atoms with Gasteiger partial charge in [-0.05, 0) is 31.9 Å². The van der Waals surface area contributed by atoms with Crippen molar-refractivity contribution in [2.75, 3.05) is 6.54 Å². The maximum absolute atomic E-state index is 4.52. The predicted molar refractivity (Wildman–Crippen MR) is 83.8 cm³/mol. The summed E-state index contributed by atoms with van der Waals surface area (Å²) < 4.78 is 2.08. The van der Waals surface area contributed by atoms with Crippen molar-refractivity contribution >= 4 is 0 Å². The minimum absolute atomic E-state index is 0.678. The van der Waals surface area contributed by atoms with Crippen LogP contribution in [0.1, 0.15) is 36.2 Å². The van der Waals surface area contributed by atoms with Gasteiger partial charge in [0, 0.05) is 17.8 Å². The van der Waals surface area contributed by atoms with E-state index in [4.69, 9.17) is 0 Å². The van der Waals surface area contributed by atoms with E-state index in [9.17, 15) is 0 Å². The van der Waals surface area contributed by atoms with E-state index in [2.05, 4.69) is 67.1 Å². The highest BCUT2D eigenvalue weighted by atomic mass is 15.3. The molecule has 0 aliphatic heterocycles. The van der Waals surface area contributed by atoms with E-state index >= 15 is 0 Å². The quantitative estimate of drug-likeness (QED) is 0.873. The molecule has 1 heterocycles. The fourth-order valence-electron chi connectivity index (χ4n) is 2.30. The van der Waals surface area contributed by atoms with Crippen molar-refractivity contribution in [1.82, 2.24) is 15.1 Å². The molecule has 3 heteroatoms. The molecule has 0 saturated carbocycles. The van der Waals surface area contributed by atoms with E-state index in [1.165, 1.54) is 22.4 Å². The number of hydrogen-bond acceptors (Lipinski definition) is 2. The molecule has 0 unspecified atom stereocenters. The lowest BCUT2D eigenvalue weighted by Crippen LogP contribution is -2.19. The van der Waals surface area contributed by atoms with E-state index in [0.717, 1.165) is 19.6 Å². The zero-order valence-corrected chi connectivity index (χ0v) is 13.0. The molecule has 0 fully saturated rings. The number of nitrogens with one attached hydrogen (secondary N) is 1. The van der Waals surface area contributed by atoms with Gasteiger partial charge in [0.25, 0.3) is 0 Å². The van der Waals surface area contributed by atoms with Gasteiger partial charge in [0.2, 0.25) is 0 Å². The molecule has 20 heavy (non-hydrogen) atoms. The van der Waals surface area contributed by atoms with E-state index in [0.29, 0.717) is 5.92 Å². The van der Waals surface area contributed by atoms with Crippen molar-refractivity contribution in [1.29, 1.82) is 0 Å². The number of hydrogen-bond donors (Lipinski definition) is 1. The first-order valence-corrected chi connectivity index (χ1v) is 7.34. The molecule has 3 nitrogen and oxygen atoms in total. The second-order valence-corrected chi connectivity index (χ2v) is 5.93. The number of benzene rings is 1. The van der Waals surface area contributed by atoms with Crippen LogP contribution in [-0.4, -0.2) is 16.3 Å². The first-order chi connectivity index (χ1) is 9.56. The maximum atomic E-state index is 4.52. The van der Waals surface area contributed by atoms with Gasteiger partial charge in [0.1, 0.15) is 0 Å². The fraction of sp³-hybridized carbons (Fsp3) is 0.471. The summed E-state index contributed by atoms with van der Waals surface area (Å²) >= 11 is 0. The predicted octanol–water partition coefficient (Wildman–Crippen LogP) is 3.29. The normalized spacial score (nSPS) is 11.2. The SMILES string of the molecule is Cc1cccc(Cn2ncc(CNCC(C)C)c2C)c1. The van der Waals surface area contributed by atoms with Crippen molar-refractivity contribution in [3.8, 4) is 0 Å². The van der Waals surface area contributed by atoms with Crippen LogP contribution in [-0.2, 0) is 13.1 Å². The molecule has 1 aromatic heterocycles. The first kappa shape index (κ1) is 14.8. The standard InChI is InChI=1S/C17H25N3/c1-13(2)9-18-10-17-11-19-20(15(17)4)12-16-7-5-6-14(3)8-16/h5-8,11,13,18H,9-10,12H2,1-4H3. The summed E-state index contributed by atoms with van der Waals surface area (Å²) in [5.41, 5.74) is 5.14. The monoisotopic (exact) mass is 271 g/mol. The molecule has 0 amide bonds. The largest absolute Gasteiger partial charge is 0.312 e. The van der Waals surface area contributed by atoms with Crippen molar-refractivity contribution in [3.63, 3.8) is 0 Å². The van der Waals surface area contributed by atoms with Gasteiger partial charge in [0.05, 0.1) is 12.7 Å². The zero-order valence-electron chi connectivity index (χ0n) is 13.0. The minimum Gasteiger partial charge on any atom is -0.312 e. The van der Waals surface area contributed by atoms with Crippen LogP contribution in [0.3, 0.4) is 0 Å². The molecule has 0 aliphatic carbocycles. The van der Waals surface area contributed by atoms with E-state index < -0.39 is 0 Å². The van der Waals surface area contributed by atoms with Gasteiger partial charge in [-0.1, -0.05) is 43.7 Å². The molecule has 0 bridgehead atoms. The Bertz CT molecular complexity index is 555. The summed E-state index contributed by atoms with van der Waals surface area (Å²) in [6, 6.07) is 8.61. The Morgan fingerprint density at radius 3 is 2.75 bits per heavy atom. The van der Waals surface area contributed by atoms with Crippen molar-refractivity contribution < 1.29 is 0 Å². The lowest BCUT2D eigenvalue weighted by Gasteiger charge is -2.08. The van der Waals surface area contributed by atoms with Crippen molar-refractivity contribution in [3.05, 3.63) is 52.8 Å². The number of aryl methyl sites for hydroxylation is 1.